The number of nitrogens with one attached hydrogen (secondary N) is 1. The maximum Gasteiger partial charge on any atom is 0.343 e. The molecular formula is C12H17NO5. The summed E-state index contributed by atoms with van der Waals surface area (Å²) in [6, 6.07) is 0. The number of hydrogen-bond donors (Lipinski definition) is 1. The number of esters is 2. The molecule has 6 nitrogen and oxygen atoms in total. The molecule has 0 fully saturated rings. The third-order valence-electron chi connectivity index (χ3n) is 2.05. The van der Waals surface area contributed by atoms with Crippen molar-refractivity contribution in [2.45, 2.75) is 13.3 Å². The van der Waals surface area contributed by atoms with E-state index in [0.717, 1.165) is 7.11 Å². The van der Waals surface area contributed by atoms with E-state index in [-0.39, 0.29) is 17.7 Å². The lowest BCUT2D eigenvalue weighted by Crippen LogP contribution is -2.25. The van der Waals surface area contributed by atoms with Gasteiger partial charge in [0, 0.05) is 12.2 Å². The molecule has 0 atom stereocenters. The first-order chi connectivity index (χ1) is 8.47. The van der Waals surface area contributed by atoms with Crippen molar-refractivity contribution < 1.29 is 23.9 Å². The number of rotatable bonds is 7. The molecule has 0 bridgehead atoms. The zero-order valence-electron chi connectivity index (χ0n) is 10.7. The Labute approximate surface area is 106 Å². The first-order valence-electron chi connectivity index (χ1n) is 5.21. The van der Waals surface area contributed by atoms with Crippen molar-refractivity contribution in [3.05, 3.63) is 23.9 Å². The van der Waals surface area contributed by atoms with Crippen molar-refractivity contribution in [3.8, 4) is 0 Å². The van der Waals surface area contributed by atoms with Crippen LogP contribution in [-0.2, 0) is 23.9 Å². The molecular weight excluding hydrogens is 238 g/mol. The molecule has 0 saturated carbocycles. The average Bonchev–Trinajstić information content (AvgIpc) is 2.34. The summed E-state index contributed by atoms with van der Waals surface area (Å²) in [6.07, 6.45) is 1.32. The molecule has 0 heterocycles. The van der Waals surface area contributed by atoms with E-state index >= 15 is 0 Å². The van der Waals surface area contributed by atoms with Crippen molar-refractivity contribution in [2.24, 2.45) is 0 Å². The van der Waals surface area contributed by atoms with Crippen LogP contribution in [0, 0.1) is 0 Å². The molecule has 6 heteroatoms. The Kier molecular flexibility index (Phi) is 7.11. The summed E-state index contributed by atoms with van der Waals surface area (Å²) in [6.45, 7) is 5.03. The topological polar surface area (TPSA) is 81.7 Å². The Bertz CT molecular complexity index is 384. The molecule has 0 rings (SSSR count). The molecule has 0 radical (unpaired) electrons. The number of carbonyl (C=O) groups excluding carboxylic acids is 3. The highest BCUT2D eigenvalue weighted by Gasteiger charge is 2.22. The van der Waals surface area contributed by atoms with Gasteiger partial charge in [-0.1, -0.05) is 6.08 Å². The van der Waals surface area contributed by atoms with Crippen LogP contribution in [0.5, 0.6) is 0 Å². The number of hydrogen-bond acceptors (Lipinski definition) is 6. The molecule has 18 heavy (non-hydrogen) atoms. The second kappa shape index (κ2) is 8.05. The molecule has 0 aromatic carbocycles. The van der Waals surface area contributed by atoms with E-state index in [1.54, 1.807) is 0 Å². The van der Waals surface area contributed by atoms with Crippen LogP contribution in [-0.4, -0.2) is 38.5 Å². The standard InChI is InChI=1S/C12H17NO5/c1-5-6-13-9(7-10(15)17-3)11(8(2)14)12(16)18-4/h5,13H,1,6-7H2,2-4H3/b11-9-. The predicted molar refractivity (Wildman–Crippen MR) is 64.6 cm³/mol. The fourth-order valence-electron chi connectivity index (χ4n) is 1.23. The number of ether oxygens (including phenoxy) is 2. The first kappa shape index (κ1) is 15.9. The van der Waals surface area contributed by atoms with Crippen molar-refractivity contribution in [1.29, 1.82) is 0 Å². The van der Waals surface area contributed by atoms with E-state index in [0.29, 0.717) is 6.54 Å². The van der Waals surface area contributed by atoms with Crippen LogP contribution in [0.3, 0.4) is 0 Å². The third kappa shape index (κ3) is 4.82. The van der Waals surface area contributed by atoms with Crippen LogP contribution in [0.1, 0.15) is 13.3 Å². The number of ketones is 1. The fourth-order valence-corrected chi connectivity index (χ4v) is 1.23. The van der Waals surface area contributed by atoms with Gasteiger partial charge in [-0.25, -0.2) is 4.79 Å². The SMILES string of the molecule is C=CCN/C(CC(=O)OC)=C(/C(C)=O)C(=O)OC. The number of carbonyl (C=O) groups is 3. The van der Waals surface area contributed by atoms with Gasteiger partial charge < -0.3 is 14.8 Å². The number of Topliss-reactive ketones (excluding diaryl/α,β-unsaturated/α-hetero) is 1. The molecule has 0 unspecified atom stereocenters. The van der Waals surface area contributed by atoms with Crippen molar-refractivity contribution >= 4 is 17.7 Å². The predicted octanol–water partition coefficient (Wildman–Crippen LogP) is 0.341. The second-order valence-corrected chi connectivity index (χ2v) is 3.32. The molecule has 0 aliphatic heterocycles. The van der Waals surface area contributed by atoms with E-state index in [2.05, 4.69) is 21.4 Å². The highest BCUT2D eigenvalue weighted by atomic mass is 16.5. The lowest BCUT2D eigenvalue weighted by atomic mass is 10.1. The van der Waals surface area contributed by atoms with E-state index < -0.39 is 17.7 Å². The average molecular weight is 255 g/mol. The van der Waals surface area contributed by atoms with Gasteiger partial charge in [0.1, 0.15) is 5.57 Å². The minimum absolute atomic E-state index is 0.168. The minimum Gasteiger partial charge on any atom is -0.469 e. The van der Waals surface area contributed by atoms with Crippen LogP contribution < -0.4 is 5.32 Å². The summed E-state index contributed by atoms with van der Waals surface area (Å²) < 4.78 is 9.02. The van der Waals surface area contributed by atoms with E-state index in [9.17, 15) is 14.4 Å². The minimum atomic E-state index is -0.794. The van der Waals surface area contributed by atoms with Crippen molar-refractivity contribution in [1.82, 2.24) is 5.32 Å². The van der Waals surface area contributed by atoms with Crippen LogP contribution in [0.4, 0.5) is 0 Å². The van der Waals surface area contributed by atoms with Gasteiger partial charge in [-0.2, -0.15) is 0 Å². The second-order valence-electron chi connectivity index (χ2n) is 3.32. The molecule has 1 N–H and O–H groups in total. The first-order valence-corrected chi connectivity index (χ1v) is 5.21. The summed E-state index contributed by atoms with van der Waals surface area (Å²) in [5.74, 6) is -1.85. The van der Waals surface area contributed by atoms with Gasteiger partial charge in [-0.3, -0.25) is 9.59 Å². The Morgan fingerprint density at radius 3 is 2.22 bits per heavy atom. The Morgan fingerprint density at radius 1 is 1.22 bits per heavy atom. The van der Waals surface area contributed by atoms with Gasteiger partial charge >= 0.3 is 11.9 Å². The lowest BCUT2D eigenvalue weighted by Gasteiger charge is -2.12. The lowest BCUT2D eigenvalue weighted by molar-refractivity contribution is -0.139. The smallest absolute Gasteiger partial charge is 0.343 e. The Balaban J connectivity index is 5.39. The van der Waals surface area contributed by atoms with Gasteiger partial charge in [-0.05, 0) is 6.92 Å². The normalized spacial score (nSPS) is 11.1. The van der Waals surface area contributed by atoms with Gasteiger partial charge in [-0.15, -0.1) is 6.58 Å². The van der Waals surface area contributed by atoms with Gasteiger partial charge in [0.05, 0.1) is 20.6 Å². The van der Waals surface area contributed by atoms with Crippen molar-refractivity contribution in [3.63, 3.8) is 0 Å². The highest BCUT2D eigenvalue weighted by Crippen LogP contribution is 2.10. The molecule has 0 aliphatic rings. The number of methoxy groups -OCH3 is 2. The molecule has 0 aromatic rings. The molecule has 0 spiro atoms. The third-order valence-corrected chi connectivity index (χ3v) is 2.05. The Hall–Kier alpha value is -2.11. The zero-order chi connectivity index (χ0) is 14.1. The van der Waals surface area contributed by atoms with Gasteiger partial charge in [0.25, 0.3) is 0 Å². The maximum absolute atomic E-state index is 11.5. The summed E-state index contributed by atoms with van der Waals surface area (Å²) in [4.78, 5) is 34.2. The quantitative estimate of drug-likeness (QED) is 0.232. The summed E-state index contributed by atoms with van der Waals surface area (Å²) in [5.41, 5.74) is -0.0224. The van der Waals surface area contributed by atoms with Crippen LogP contribution in [0.15, 0.2) is 23.9 Å². The van der Waals surface area contributed by atoms with Crippen LogP contribution >= 0.6 is 0 Å². The fraction of sp³-hybridized carbons (Fsp3) is 0.417. The maximum atomic E-state index is 11.5. The van der Waals surface area contributed by atoms with E-state index in [1.165, 1.54) is 20.1 Å². The molecule has 0 saturated heterocycles. The van der Waals surface area contributed by atoms with Gasteiger partial charge in [0.15, 0.2) is 5.78 Å². The largest absolute Gasteiger partial charge is 0.469 e. The van der Waals surface area contributed by atoms with Crippen LogP contribution in [0.25, 0.3) is 0 Å². The highest BCUT2D eigenvalue weighted by molar-refractivity contribution is 6.17. The summed E-state index contributed by atoms with van der Waals surface area (Å²) in [5, 5.41) is 2.77. The molecule has 100 valence electrons. The molecule has 0 aliphatic carbocycles. The van der Waals surface area contributed by atoms with E-state index in [1.807, 2.05) is 0 Å². The molecule has 0 amide bonds. The van der Waals surface area contributed by atoms with Crippen LogP contribution in [0.2, 0.25) is 0 Å². The van der Waals surface area contributed by atoms with Crippen molar-refractivity contribution in [2.75, 3.05) is 20.8 Å². The summed E-state index contributed by atoms with van der Waals surface area (Å²) >= 11 is 0. The monoisotopic (exact) mass is 255 g/mol. The summed E-state index contributed by atoms with van der Waals surface area (Å²) in [7, 11) is 2.38. The Morgan fingerprint density at radius 2 is 1.83 bits per heavy atom. The van der Waals surface area contributed by atoms with E-state index in [4.69, 9.17) is 0 Å². The zero-order valence-corrected chi connectivity index (χ0v) is 10.7. The van der Waals surface area contributed by atoms with Gasteiger partial charge in [0.2, 0.25) is 0 Å². The molecule has 0 aromatic heterocycles.